The Hall–Kier alpha value is -1.55. The maximum absolute atomic E-state index is 10.7. The highest BCUT2D eigenvalue weighted by Gasteiger charge is 2.09. The molecule has 0 radical (unpaired) electrons. The molecule has 1 rings (SSSR count). The standard InChI is InChI=1S/C8H10N2O2/c9-4-5-2-1-3-6(7(5)11)8(10)12/h1-3,11H,4,9H2,(H2,10,12). The maximum atomic E-state index is 10.7. The van der Waals surface area contributed by atoms with E-state index in [9.17, 15) is 9.90 Å². The molecule has 0 saturated heterocycles. The van der Waals surface area contributed by atoms with Crippen molar-refractivity contribution in [2.75, 3.05) is 0 Å². The second-order valence-electron chi connectivity index (χ2n) is 2.38. The molecule has 0 aliphatic heterocycles. The monoisotopic (exact) mass is 166 g/mol. The second kappa shape index (κ2) is 3.23. The van der Waals surface area contributed by atoms with Gasteiger partial charge in [0, 0.05) is 12.1 Å². The van der Waals surface area contributed by atoms with E-state index in [1.165, 1.54) is 6.07 Å². The number of carbonyl (C=O) groups excluding carboxylic acids is 1. The van der Waals surface area contributed by atoms with E-state index >= 15 is 0 Å². The van der Waals surface area contributed by atoms with Crippen molar-refractivity contribution in [2.45, 2.75) is 6.54 Å². The van der Waals surface area contributed by atoms with Crippen LogP contribution in [0.1, 0.15) is 15.9 Å². The summed E-state index contributed by atoms with van der Waals surface area (Å²) in [5.74, 6) is -0.768. The predicted octanol–water partition coefficient (Wildman–Crippen LogP) is -0.0502. The van der Waals surface area contributed by atoms with E-state index in [1.807, 2.05) is 0 Å². The number of aromatic hydroxyl groups is 1. The maximum Gasteiger partial charge on any atom is 0.252 e. The number of primary amides is 1. The van der Waals surface area contributed by atoms with Gasteiger partial charge in [-0.25, -0.2) is 0 Å². The first-order valence-corrected chi connectivity index (χ1v) is 3.47. The van der Waals surface area contributed by atoms with Crippen molar-refractivity contribution >= 4 is 5.91 Å². The summed E-state index contributed by atoms with van der Waals surface area (Å²) in [6.07, 6.45) is 0. The van der Waals surface area contributed by atoms with Gasteiger partial charge >= 0.3 is 0 Å². The molecule has 1 aromatic rings. The topological polar surface area (TPSA) is 89.3 Å². The molecule has 64 valence electrons. The molecule has 0 atom stereocenters. The summed E-state index contributed by atoms with van der Waals surface area (Å²) in [4.78, 5) is 10.7. The first kappa shape index (κ1) is 8.55. The Morgan fingerprint density at radius 3 is 2.67 bits per heavy atom. The fourth-order valence-electron chi connectivity index (χ4n) is 0.955. The second-order valence-corrected chi connectivity index (χ2v) is 2.38. The molecular weight excluding hydrogens is 156 g/mol. The summed E-state index contributed by atoms with van der Waals surface area (Å²) in [5, 5.41) is 9.38. The first-order chi connectivity index (χ1) is 5.66. The summed E-state index contributed by atoms with van der Waals surface area (Å²) in [5.41, 5.74) is 10.9. The SMILES string of the molecule is NCc1cccc(C(N)=O)c1O. The van der Waals surface area contributed by atoms with E-state index in [4.69, 9.17) is 11.5 Å². The molecule has 0 fully saturated rings. The number of carbonyl (C=O) groups is 1. The van der Waals surface area contributed by atoms with Gasteiger partial charge < -0.3 is 16.6 Å². The number of nitrogens with two attached hydrogens (primary N) is 2. The van der Waals surface area contributed by atoms with Crippen LogP contribution in [0.3, 0.4) is 0 Å². The molecule has 12 heavy (non-hydrogen) atoms. The Kier molecular flexibility index (Phi) is 2.30. The molecule has 1 aromatic carbocycles. The lowest BCUT2D eigenvalue weighted by Crippen LogP contribution is -2.12. The van der Waals surface area contributed by atoms with Crippen LogP contribution in [0.4, 0.5) is 0 Å². The number of rotatable bonds is 2. The van der Waals surface area contributed by atoms with Crippen LogP contribution in [0.2, 0.25) is 0 Å². The van der Waals surface area contributed by atoms with Crippen LogP contribution in [0.5, 0.6) is 5.75 Å². The number of phenols is 1. The van der Waals surface area contributed by atoms with Crippen LogP contribution in [0.15, 0.2) is 18.2 Å². The molecule has 5 N–H and O–H groups in total. The van der Waals surface area contributed by atoms with Gasteiger partial charge in [-0.3, -0.25) is 4.79 Å². The minimum absolute atomic E-state index is 0.109. The molecule has 0 spiro atoms. The van der Waals surface area contributed by atoms with E-state index in [-0.39, 0.29) is 17.9 Å². The van der Waals surface area contributed by atoms with Crippen LogP contribution in [-0.4, -0.2) is 11.0 Å². The van der Waals surface area contributed by atoms with E-state index in [0.717, 1.165) is 0 Å². The van der Waals surface area contributed by atoms with Crippen molar-refractivity contribution in [2.24, 2.45) is 11.5 Å². The average molecular weight is 166 g/mol. The predicted molar refractivity (Wildman–Crippen MR) is 44.5 cm³/mol. The first-order valence-electron chi connectivity index (χ1n) is 3.47. The lowest BCUT2D eigenvalue weighted by Gasteiger charge is -2.04. The number of amides is 1. The third-order valence-electron chi connectivity index (χ3n) is 1.60. The Bertz CT molecular complexity index is 310. The minimum Gasteiger partial charge on any atom is -0.507 e. The van der Waals surface area contributed by atoms with Crippen molar-refractivity contribution < 1.29 is 9.90 Å². The van der Waals surface area contributed by atoms with E-state index < -0.39 is 5.91 Å². The van der Waals surface area contributed by atoms with Gasteiger partial charge in [-0.15, -0.1) is 0 Å². The van der Waals surface area contributed by atoms with Crippen molar-refractivity contribution in [3.8, 4) is 5.75 Å². The van der Waals surface area contributed by atoms with Crippen LogP contribution in [-0.2, 0) is 6.54 Å². The van der Waals surface area contributed by atoms with Crippen LogP contribution in [0.25, 0.3) is 0 Å². The van der Waals surface area contributed by atoms with Crippen molar-refractivity contribution in [3.05, 3.63) is 29.3 Å². The third kappa shape index (κ3) is 1.38. The lowest BCUT2D eigenvalue weighted by molar-refractivity contribution is 0.0997. The molecule has 0 heterocycles. The van der Waals surface area contributed by atoms with Gasteiger partial charge in [0.05, 0.1) is 5.56 Å². The summed E-state index contributed by atoms with van der Waals surface area (Å²) in [7, 11) is 0. The Morgan fingerprint density at radius 2 is 2.17 bits per heavy atom. The molecule has 4 heteroatoms. The zero-order valence-corrected chi connectivity index (χ0v) is 6.45. The number of benzene rings is 1. The largest absolute Gasteiger partial charge is 0.507 e. The molecule has 0 aliphatic carbocycles. The van der Waals surface area contributed by atoms with Gasteiger partial charge in [-0.05, 0) is 6.07 Å². The lowest BCUT2D eigenvalue weighted by atomic mass is 10.1. The normalized spacial score (nSPS) is 9.75. The smallest absolute Gasteiger partial charge is 0.252 e. The Morgan fingerprint density at radius 1 is 1.50 bits per heavy atom. The minimum atomic E-state index is -0.650. The fourth-order valence-corrected chi connectivity index (χ4v) is 0.955. The van der Waals surface area contributed by atoms with Gasteiger partial charge in [-0.1, -0.05) is 12.1 Å². The van der Waals surface area contributed by atoms with Crippen LogP contribution < -0.4 is 11.5 Å². The van der Waals surface area contributed by atoms with Gasteiger partial charge in [0.15, 0.2) is 0 Å². The Balaban J connectivity index is 3.23. The number of hydrogen-bond donors (Lipinski definition) is 3. The number of para-hydroxylation sites is 1. The summed E-state index contributed by atoms with van der Waals surface area (Å²) in [6.45, 7) is 0.187. The molecule has 0 unspecified atom stereocenters. The zero-order valence-electron chi connectivity index (χ0n) is 6.45. The van der Waals surface area contributed by atoms with E-state index in [2.05, 4.69) is 0 Å². The van der Waals surface area contributed by atoms with Crippen molar-refractivity contribution in [1.29, 1.82) is 0 Å². The summed E-state index contributed by atoms with van der Waals surface area (Å²) in [6, 6.07) is 4.72. The van der Waals surface area contributed by atoms with Crippen molar-refractivity contribution in [3.63, 3.8) is 0 Å². The van der Waals surface area contributed by atoms with Crippen LogP contribution in [0, 0.1) is 0 Å². The van der Waals surface area contributed by atoms with Crippen LogP contribution >= 0.6 is 0 Å². The van der Waals surface area contributed by atoms with Gasteiger partial charge in [0.2, 0.25) is 0 Å². The average Bonchev–Trinajstić information content (AvgIpc) is 2.04. The quantitative estimate of drug-likeness (QED) is 0.575. The van der Waals surface area contributed by atoms with E-state index in [0.29, 0.717) is 5.56 Å². The molecule has 0 aromatic heterocycles. The number of hydrogen-bond acceptors (Lipinski definition) is 3. The van der Waals surface area contributed by atoms with Crippen molar-refractivity contribution in [1.82, 2.24) is 0 Å². The van der Waals surface area contributed by atoms with Gasteiger partial charge in [-0.2, -0.15) is 0 Å². The third-order valence-corrected chi connectivity index (χ3v) is 1.60. The molecular formula is C8H10N2O2. The summed E-state index contributed by atoms with van der Waals surface area (Å²) >= 11 is 0. The van der Waals surface area contributed by atoms with E-state index in [1.54, 1.807) is 12.1 Å². The highest BCUT2D eigenvalue weighted by atomic mass is 16.3. The molecule has 0 aliphatic rings. The van der Waals surface area contributed by atoms with Gasteiger partial charge in [0.25, 0.3) is 5.91 Å². The Labute approximate surface area is 69.8 Å². The molecule has 0 bridgehead atoms. The van der Waals surface area contributed by atoms with Gasteiger partial charge in [0.1, 0.15) is 5.75 Å². The zero-order chi connectivity index (χ0) is 9.14. The molecule has 1 amide bonds. The molecule has 0 saturated carbocycles. The molecule has 4 nitrogen and oxygen atoms in total. The fraction of sp³-hybridized carbons (Fsp3) is 0.125. The summed E-state index contributed by atoms with van der Waals surface area (Å²) < 4.78 is 0. The highest BCUT2D eigenvalue weighted by Crippen LogP contribution is 2.20. The highest BCUT2D eigenvalue weighted by molar-refractivity contribution is 5.95.